The summed E-state index contributed by atoms with van der Waals surface area (Å²) >= 11 is 0. The normalized spacial score (nSPS) is 9.79. The molecule has 0 saturated carbocycles. The third kappa shape index (κ3) is 2.80. The van der Waals surface area contributed by atoms with Gasteiger partial charge >= 0.3 is 0 Å². The molecule has 5 heteroatoms. The molecular weight excluding hydrogens is 250 g/mol. The van der Waals surface area contributed by atoms with Crippen molar-refractivity contribution in [3.63, 3.8) is 0 Å². The van der Waals surface area contributed by atoms with Crippen molar-refractivity contribution >= 4 is 11.4 Å². The SMILES string of the molecule is COc1ccc(F)c(Nc2ccc(F)cc2C#N)c1. The second-order valence-corrected chi connectivity index (χ2v) is 3.77. The predicted octanol–water partition coefficient (Wildman–Crippen LogP) is 3.59. The molecule has 0 spiro atoms. The lowest BCUT2D eigenvalue weighted by atomic mass is 10.1. The molecule has 2 rings (SSSR count). The van der Waals surface area contributed by atoms with Gasteiger partial charge in [0, 0.05) is 6.07 Å². The van der Waals surface area contributed by atoms with Crippen LogP contribution in [-0.4, -0.2) is 7.11 Å². The van der Waals surface area contributed by atoms with Gasteiger partial charge in [-0.2, -0.15) is 5.26 Å². The number of nitrogens with zero attached hydrogens (tertiary/aromatic N) is 1. The molecule has 2 aromatic carbocycles. The number of nitriles is 1. The largest absolute Gasteiger partial charge is 0.497 e. The van der Waals surface area contributed by atoms with Gasteiger partial charge in [0.2, 0.25) is 0 Å². The van der Waals surface area contributed by atoms with Gasteiger partial charge in [0.1, 0.15) is 23.5 Å². The summed E-state index contributed by atoms with van der Waals surface area (Å²) < 4.78 is 31.6. The van der Waals surface area contributed by atoms with E-state index in [1.54, 1.807) is 0 Å². The average Bonchev–Trinajstić information content (AvgIpc) is 2.43. The zero-order valence-electron chi connectivity index (χ0n) is 10.1. The second kappa shape index (κ2) is 5.36. The van der Waals surface area contributed by atoms with Crippen LogP contribution in [0, 0.1) is 23.0 Å². The molecule has 0 heterocycles. The Morgan fingerprint density at radius 3 is 2.58 bits per heavy atom. The highest BCUT2D eigenvalue weighted by Crippen LogP contribution is 2.26. The molecular formula is C14H10F2N2O. The van der Waals surface area contributed by atoms with E-state index < -0.39 is 11.6 Å². The van der Waals surface area contributed by atoms with E-state index in [-0.39, 0.29) is 11.3 Å². The first kappa shape index (κ1) is 12.8. The summed E-state index contributed by atoms with van der Waals surface area (Å²) in [5.41, 5.74) is 0.584. The Morgan fingerprint density at radius 2 is 1.89 bits per heavy atom. The van der Waals surface area contributed by atoms with Crippen molar-refractivity contribution in [2.24, 2.45) is 0 Å². The lowest BCUT2D eigenvalue weighted by Gasteiger charge is -2.10. The van der Waals surface area contributed by atoms with E-state index in [0.717, 1.165) is 6.07 Å². The van der Waals surface area contributed by atoms with E-state index in [1.807, 2.05) is 6.07 Å². The minimum atomic E-state index is -0.520. The van der Waals surface area contributed by atoms with Crippen LogP contribution in [0.25, 0.3) is 0 Å². The van der Waals surface area contributed by atoms with E-state index in [2.05, 4.69) is 5.32 Å². The topological polar surface area (TPSA) is 45.0 Å². The summed E-state index contributed by atoms with van der Waals surface area (Å²) in [6.07, 6.45) is 0. The third-order valence-electron chi connectivity index (χ3n) is 2.54. The van der Waals surface area contributed by atoms with Crippen LogP contribution in [0.3, 0.4) is 0 Å². The number of benzene rings is 2. The molecule has 0 fully saturated rings. The summed E-state index contributed by atoms with van der Waals surface area (Å²) in [4.78, 5) is 0. The monoisotopic (exact) mass is 260 g/mol. The minimum Gasteiger partial charge on any atom is -0.497 e. The molecule has 3 nitrogen and oxygen atoms in total. The molecule has 0 radical (unpaired) electrons. The van der Waals surface area contributed by atoms with Crippen molar-refractivity contribution in [2.45, 2.75) is 0 Å². The van der Waals surface area contributed by atoms with Crippen LogP contribution in [0.15, 0.2) is 36.4 Å². The summed E-state index contributed by atoms with van der Waals surface area (Å²) in [5.74, 6) is -0.535. The molecule has 0 bridgehead atoms. The standard InChI is InChI=1S/C14H10F2N2O/c1-19-11-3-4-12(16)14(7-11)18-13-5-2-10(15)6-9(13)8-17/h2-7,18H,1H3. The van der Waals surface area contributed by atoms with Crippen molar-refractivity contribution in [3.05, 3.63) is 53.6 Å². The van der Waals surface area contributed by atoms with Crippen molar-refractivity contribution in [3.8, 4) is 11.8 Å². The number of nitrogens with one attached hydrogen (secondary N) is 1. The first-order valence-corrected chi connectivity index (χ1v) is 5.44. The Kier molecular flexibility index (Phi) is 3.62. The Morgan fingerprint density at radius 1 is 1.11 bits per heavy atom. The number of halogens is 2. The maximum atomic E-state index is 13.6. The van der Waals surface area contributed by atoms with E-state index in [0.29, 0.717) is 11.4 Å². The summed E-state index contributed by atoms with van der Waals surface area (Å²) in [6.45, 7) is 0. The highest BCUT2D eigenvalue weighted by Gasteiger charge is 2.08. The summed E-state index contributed by atoms with van der Waals surface area (Å²) in [7, 11) is 1.47. The fraction of sp³-hybridized carbons (Fsp3) is 0.0714. The maximum absolute atomic E-state index is 13.6. The van der Waals surface area contributed by atoms with Crippen LogP contribution in [0.1, 0.15) is 5.56 Å². The van der Waals surface area contributed by atoms with Gasteiger partial charge in [-0.25, -0.2) is 8.78 Å². The Hall–Kier alpha value is -2.61. The minimum absolute atomic E-state index is 0.0993. The molecule has 96 valence electrons. The highest BCUT2D eigenvalue weighted by atomic mass is 19.1. The van der Waals surface area contributed by atoms with Gasteiger partial charge in [-0.3, -0.25) is 0 Å². The van der Waals surface area contributed by atoms with Gasteiger partial charge in [-0.15, -0.1) is 0 Å². The number of methoxy groups -OCH3 is 1. The molecule has 1 N–H and O–H groups in total. The van der Waals surface area contributed by atoms with Crippen LogP contribution >= 0.6 is 0 Å². The van der Waals surface area contributed by atoms with Gasteiger partial charge in [0.25, 0.3) is 0 Å². The Bertz CT molecular complexity index is 650. The molecule has 0 aliphatic heterocycles. The molecule has 0 unspecified atom stereocenters. The molecule has 2 aromatic rings. The van der Waals surface area contributed by atoms with Crippen LogP contribution < -0.4 is 10.1 Å². The number of hydrogen-bond donors (Lipinski definition) is 1. The molecule has 0 aliphatic carbocycles. The zero-order valence-corrected chi connectivity index (χ0v) is 10.1. The van der Waals surface area contributed by atoms with Crippen LogP contribution in [0.5, 0.6) is 5.75 Å². The van der Waals surface area contributed by atoms with Gasteiger partial charge in [-0.05, 0) is 30.3 Å². The molecule has 0 aromatic heterocycles. The van der Waals surface area contributed by atoms with Crippen molar-refractivity contribution < 1.29 is 13.5 Å². The number of hydrogen-bond acceptors (Lipinski definition) is 3. The third-order valence-corrected chi connectivity index (χ3v) is 2.54. The van der Waals surface area contributed by atoms with Gasteiger partial charge in [0.05, 0.1) is 24.0 Å². The van der Waals surface area contributed by atoms with Gasteiger partial charge < -0.3 is 10.1 Å². The molecule has 19 heavy (non-hydrogen) atoms. The Labute approximate surface area is 109 Å². The van der Waals surface area contributed by atoms with E-state index in [1.165, 1.54) is 37.4 Å². The molecule has 0 amide bonds. The van der Waals surface area contributed by atoms with Crippen molar-refractivity contribution in [2.75, 3.05) is 12.4 Å². The molecule has 0 atom stereocenters. The lowest BCUT2D eigenvalue weighted by Crippen LogP contribution is -1.97. The number of rotatable bonds is 3. The summed E-state index contributed by atoms with van der Waals surface area (Å²) in [6, 6.07) is 9.70. The fourth-order valence-electron chi connectivity index (χ4n) is 1.59. The molecule has 0 aliphatic rings. The number of ether oxygens (including phenoxy) is 1. The first-order valence-electron chi connectivity index (χ1n) is 5.44. The van der Waals surface area contributed by atoms with Crippen LogP contribution in [0.2, 0.25) is 0 Å². The van der Waals surface area contributed by atoms with E-state index >= 15 is 0 Å². The van der Waals surface area contributed by atoms with Gasteiger partial charge in [-0.1, -0.05) is 0 Å². The van der Waals surface area contributed by atoms with E-state index in [4.69, 9.17) is 10.00 Å². The van der Waals surface area contributed by atoms with E-state index in [9.17, 15) is 8.78 Å². The maximum Gasteiger partial charge on any atom is 0.146 e. The smallest absolute Gasteiger partial charge is 0.146 e. The average molecular weight is 260 g/mol. The van der Waals surface area contributed by atoms with Crippen LogP contribution in [0.4, 0.5) is 20.2 Å². The first-order chi connectivity index (χ1) is 9.13. The fourth-order valence-corrected chi connectivity index (χ4v) is 1.59. The predicted molar refractivity (Wildman–Crippen MR) is 67.3 cm³/mol. The highest BCUT2D eigenvalue weighted by molar-refractivity contribution is 5.67. The summed E-state index contributed by atoms with van der Waals surface area (Å²) in [5, 5.41) is 11.7. The van der Waals surface area contributed by atoms with Crippen molar-refractivity contribution in [1.82, 2.24) is 0 Å². The Balaban J connectivity index is 2.39. The molecule has 0 saturated heterocycles. The number of anilines is 2. The van der Waals surface area contributed by atoms with Crippen LogP contribution in [-0.2, 0) is 0 Å². The van der Waals surface area contributed by atoms with Crippen molar-refractivity contribution in [1.29, 1.82) is 5.26 Å². The second-order valence-electron chi connectivity index (χ2n) is 3.77. The lowest BCUT2D eigenvalue weighted by molar-refractivity contribution is 0.414. The quantitative estimate of drug-likeness (QED) is 0.917. The van der Waals surface area contributed by atoms with Gasteiger partial charge in [0.15, 0.2) is 0 Å². The zero-order chi connectivity index (χ0) is 13.8.